The fraction of sp³-hybridized carbons (Fsp3) is 0.432. The number of ether oxygens (including phenoxy) is 1. The van der Waals surface area contributed by atoms with E-state index in [-0.39, 0.29) is 53.4 Å². The smallest absolute Gasteiger partial charge is 0.272 e. The van der Waals surface area contributed by atoms with E-state index >= 15 is 4.39 Å². The first kappa shape index (κ1) is 39.9. The van der Waals surface area contributed by atoms with Gasteiger partial charge in [0.05, 0.1) is 34.0 Å². The number of anilines is 2. The number of hydrogen-bond acceptors (Lipinski definition) is 13. The van der Waals surface area contributed by atoms with Gasteiger partial charge in [-0.3, -0.25) is 44.1 Å². The SMILES string of the molecule is N#Cc1ccc(OC2CCC(NC(=O)c3ccc(N4CCC(CN5CCN(c6cc7c(cc6F)C(=O)N(C6CCC(=O)NC6=O)C7=O)CC5)CC4)nn3)CC2)c2cccnc12. The summed E-state index contributed by atoms with van der Waals surface area (Å²) in [6, 6.07) is 14.5. The molecule has 0 bridgehead atoms. The van der Waals surface area contributed by atoms with Crippen LogP contribution in [0.5, 0.6) is 5.75 Å². The molecule has 4 aromatic rings. The highest BCUT2D eigenvalue weighted by Crippen LogP contribution is 2.34. The maximum atomic E-state index is 15.4. The summed E-state index contributed by atoms with van der Waals surface area (Å²) in [7, 11) is 0. The molecule has 0 radical (unpaired) electrons. The maximum absolute atomic E-state index is 15.4. The van der Waals surface area contributed by atoms with Crippen molar-refractivity contribution < 1.29 is 33.1 Å². The molecule has 1 saturated carbocycles. The molecule has 3 saturated heterocycles. The number of carbonyl (C=O) groups excluding carboxylic acids is 5. The van der Waals surface area contributed by atoms with Crippen LogP contribution in [0.2, 0.25) is 0 Å². The monoisotopic (exact) mass is 828 g/mol. The van der Waals surface area contributed by atoms with Gasteiger partial charge in [0.2, 0.25) is 11.8 Å². The van der Waals surface area contributed by atoms with E-state index < -0.39 is 35.5 Å². The Morgan fingerprint density at radius 1 is 0.869 bits per heavy atom. The lowest BCUT2D eigenvalue weighted by Gasteiger charge is -2.39. The minimum absolute atomic E-state index is 0.00180. The van der Waals surface area contributed by atoms with Crippen LogP contribution in [0.4, 0.5) is 15.9 Å². The van der Waals surface area contributed by atoms with Crippen LogP contribution in [-0.4, -0.2) is 119 Å². The van der Waals surface area contributed by atoms with Gasteiger partial charge in [-0.2, -0.15) is 5.26 Å². The van der Waals surface area contributed by atoms with Crippen molar-refractivity contribution in [3.05, 3.63) is 82.9 Å². The molecule has 9 rings (SSSR count). The van der Waals surface area contributed by atoms with E-state index in [9.17, 15) is 29.2 Å². The lowest BCUT2D eigenvalue weighted by atomic mass is 9.92. The summed E-state index contributed by atoms with van der Waals surface area (Å²) < 4.78 is 21.8. The Morgan fingerprint density at radius 3 is 2.33 bits per heavy atom. The number of halogens is 1. The maximum Gasteiger partial charge on any atom is 0.272 e. The van der Waals surface area contributed by atoms with Gasteiger partial charge in [0.15, 0.2) is 11.5 Å². The minimum Gasteiger partial charge on any atom is -0.490 e. The van der Waals surface area contributed by atoms with Crippen molar-refractivity contribution in [1.82, 2.24) is 35.6 Å². The molecule has 61 heavy (non-hydrogen) atoms. The fourth-order valence-electron chi connectivity index (χ4n) is 9.32. The Hall–Kier alpha value is -6.54. The van der Waals surface area contributed by atoms with E-state index in [4.69, 9.17) is 4.74 Å². The molecule has 0 spiro atoms. The summed E-state index contributed by atoms with van der Waals surface area (Å²) in [6.07, 6.45) is 6.75. The number of carbonyl (C=O) groups is 5. The zero-order chi connectivity index (χ0) is 42.2. The number of piperidine rings is 2. The Balaban J connectivity index is 0.709. The zero-order valence-electron chi connectivity index (χ0n) is 33.5. The van der Waals surface area contributed by atoms with Crippen LogP contribution in [0, 0.1) is 23.1 Å². The van der Waals surface area contributed by atoms with Crippen molar-refractivity contribution in [3.8, 4) is 11.8 Å². The number of nitrogens with zero attached hydrogens (tertiary/aromatic N) is 8. The second kappa shape index (κ2) is 16.8. The molecule has 6 heterocycles. The van der Waals surface area contributed by atoms with E-state index in [1.807, 2.05) is 29.2 Å². The highest BCUT2D eigenvalue weighted by molar-refractivity contribution is 6.23. The topological polar surface area (TPSA) is 194 Å². The number of pyridine rings is 1. The van der Waals surface area contributed by atoms with Crippen LogP contribution in [0.15, 0.2) is 54.7 Å². The molecule has 1 unspecified atom stereocenters. The second-order valence-electron chi connectivity index (χ2n) is 16.5. The van der Waals surface area contributed by atoms with Crippen LogP contribution in [0.25, 0.3) is 10.9 Å². The van der Waals surface area contributed by atoms with Gasteiger partial charge in [0, 0.05) is 69.9 Å². The number of fused-ring (bicyclic) bond motifs is 2. The first-order chi connectivity index (χ1) is 29.6. The summed E-state index contributed by atoms with van der Waals surface area (Å²) >= 11 is 0. The predicted molar refractivity (Wildman–Crippen MR) is 219 cm³/mol. The molecule has 5 aliphatic rings. The minimum atomic E-state index is -1.10. The number of amides is 5. The summed E-state index contributed by atoms with van der Waals surface area (Å²) in [5, 5.41) is 24.2. The Kier molecular flexibility index (Phi) is 11.0. The van der Waals surface area contributed by atoms with Crippen molar-refractivity contribution in [2.24, 2.45) is 5.92 Å². The lowest BCUT2D eigenvalue weighted by Crippen LogP contribution is -2.54. The third-order valence-electron chi connectivity index (χ3n) is 12.7. The third-order valence-corrected chi connectivity index (χ3v) is 12.7. The number of imide groups is 2. The van der Waals surface area contributed by atoms with E-state index in [2.05, 4.69) is 41.7 Å². The Morgan fingerprint density at radius 2 is 1.62 bits per heavy atom. The van der Waals surface area contributed by atoms with Gasteiger partial charge in [0.1, 0.15) is 23.7 Å². The molecule has 1 atom stereocenters. The van der Waals surface area contributed by atoms with Crippen LogP contribution in [0.3, 0.4) is 0 Å². The molecule has 5 amide bonds. The van der Waals surface area contributed by atoms with Gasteiger partial charge < -0.3 is 19.9 Å². The molecule has 17 heteroatoms. The van der Waals surface area contributed by atoms with Crippen LogP contribution in [-0.2, 0) is 9.59 Å². The summed E-state index contributed by atoms with van der Waals surface area (Å²) in [5.41, 5.74) is 1.67. The molecule has 314 valence electrons. The normalized spacial score (nSPS) is 22.6. The lowest BCUT2D eigenvalue weighted by molar-refractivity contribution is -0.136. The van der Waals surface area contributed by atoms with Crippen molar-refractivity contribution >= 4 is 51.9 Å². The average Bonchev–Trinajstić information content (AvgIpc) is 3.51. The standard InChI is InChI=1S/C44H45FN10O6/c45-33-22-31-32(44(60)55(43(31)59)35-9-12-39(56)49-42(35)58)23-36(33)53-20-18-52(19-21-53)25-26-13-16-54(17-14-26)38-11-8-34(50-51-38)41(57)48-28-4-6-29(7-5-28)61-37-10-3-27(24-46)40-30(37)2-1-15-47-40/h1-3,8,10-11,15,22-23,26,28-29,35H,4-7,9,12-14,16-21,25H2,(H,48,57)(H,49,56,58). The molecule has 2 aromatic heterocycles. The van der Waals surface area contributed by atoms with E-state index in [1.54, 1.807) is 18.3 Å². The molecule has 16 nitrogen and oxygen atoms in total. The van der Waals surface area contributed by atoms with Gasteiger partial charge in [-0.1, -0.05) is 0 Å². The Labute approximate surface area is 351 Å². The van der Waals surface area contributed by atoms with E-state index in [0.29, 0.717) is 48.9 Å². The quantitative estimate of drug-likeness (QED) is 0.233. The van der Waals surface area contributed by atoms with Crippen molar-refractivity contribution in [2.45, 2.75) is 69.6 Å². The first-order valence-corrected chi connectivity index (χ1v) is 21.0. The molecular formula is C44H45FN10O6. The highest BCUT2D eigenvalue weighted by Gasteiger charge is 2.45. The van der Waals surface area contributed by atoms with E-state index in [1.165, 1.54) is 6.07 Å². The van der Waals surface area contributed by atoms with Crippen LogP contribution in [0.1, 0.15) is 88.1 Å². The van der Waals surface area contributed by atoms with Gasteiger partial charge in [-0.25, -0.2) is 4.39 Å². The Bertz CT molecular complexity index is 2440. The van der Waals surface area contributed by atoms with E-state index in [0.717, 1.165) is 80.3 Å². The van der Waals surface area contributed by atoms with Gasteiger partial charge in [-0.15, -0.1) is 10.2 Å². The van der Waals surface area contributed by atoms with Crippen LogP contribution < -0.4 is 25.2 Å². The summed E-state index contributed by atoms with van der Waals surface area (Å²) in [6.45, 7) is 5.06. The second-order valence-corrected chi connectivity index (χ2v) is 16.5. The number of aromatic nitrogens is 3. The van der Waals surface area contributed by atoms with Gasteiger partial charge in [-0.05, 0) is 99.4 Å². The summed E-state index contributed by atoms with van der Waals surface area (Å²) in [5.74, 6) is -1.46. The predicted octanol–water partition coefficient (Wildman–Crippen LogP) is 3.60. The number of piperazine rings is 1. The number of benzene rings is 2. The number of hydrogen-bond donors (Lipinski definition) is 2. The average molecular weight is 829 g/mol. The van der Waals surface area contributed by atoms with Gasteiger partial charge >= 0.3 is 0 Å². The number of nitrogens with one attached hydrogen (secondary N) is 2. The summed E-state index contributed by atoms with van der Waals surface area (Å²) in [4.78, 5) is 75.3. The van der Waals surface area contributed by atoms with Crippen molar-refractivity contribution in [1.29, 1.82) is 5.26 Å². The largest absolute Gasteiger partial charge is 0.490 e. The molecule has 2 N–H and O–H groups in total. The van der Waals surface area contributed by atoms with Crippen LogP contribution >= 0.6 is 0 Å². The molecule has 4 aliphatic heterocycles. The van der Waals surface area contributed by atoms with Crippen molar-refractivity contribution in [3.63, 3.8) is 0 Å². The molecule has 4 fully saturated rings. The van der Waals surface area contributed by atoms with Crippen molar-refractivity contribution in [2.75, 3.05) is 55.6 Å². The molecule has 2 aromatic carbocycles. The van der Waals surface area contributed by atoms with Gasteiger partial charge in [0.25, 0.3) is 17.7 Å². The first-order valence-electron chi connectivity index (χ1n) is 21.0. The number of nitriles is 1. The third kappa shape index (κ3) is 8.07. The zero-order valence-corrected chi connectivity index (χ0v) is 33.5. The fourth-order valence-corrected chi connectivity index (χ4v) is 9.32. The highest BCUT2D eigenvalue weighted by atomic mass is 19.1. The molecular weight excluding hydrogens is 784 g/mol. The number of rotatable bonds is 9. The molecule has 1 aliphatic carbocycles.